The van der Waals surface area contributed by atoms with E-state index >= 15 is 0 Å². The van der Waals surface area contributed by atoms with Crippen LogP contribution in [-0.4, -0.2) is 24.5 Å². The lowest BCUT2D eigenvalue weighted by Crippen LogP contribution is -2.25. The molecule has 1 aliphatic heterocycles. The number of nitrogens with zero attached hydrogens (tertiary/aromatic N) is 1. The van der Waals surface area contributed by atoms with E-state index in [2.05, 4.69) is 0 Å². The summed E-state index contributed by atoms with van der Waals surface area (Å²) in [6.45, 7) is 2.66. The first kappa shape index (κ1) is 16.4. The Morgan fingerprint density at radius 3 is 2.73 bits per heavy atom. The Balaban J connectivity index is 1.89. The highest BCUT2D eigenvalue weighted by atomic mass is 16.5. The summed E-state index contributed by atoms with van der Waals surface area (Å²) in [5, 5.41) is 0.484. The number of ether oxygens (including phenoxy) is 1. The van der Waals surface area contributed by atoms with Gasteiger partial charge in [-0.25, -0.2) is 0 Å². The molecule has 0 saturated heterocycles. The number of carbonyl (C=O) groups is 1. The molecular weight excluding hydrogens is 330 g/mol. The fourth-order valence-corrected chi connectivity index (χ4v) is 3.42. The van der Waals surface area contributed by atoms with Crippen LogP contribution in [0.15, 0.2) is 57.7 Å². The van der Waals surface area contributed by atoms with Gasteiger partial charge in [0.05, 0.1) is 23.6 Å². The molecule has 1 aromatic heterocycles. The SMILES string of the molecule is CCCOc1cccc(C2c3c(oc4ccccc4c3=O)C(=O)N2C)c1. The molecule has 0 saturated carbocycles. The van der Waals surface area contributed by atoms with Crippen LogP contribution < -0.4 is 10.2 Å². The summed E-state index contributed by atoms with van der Waals surface area (Å²) in [6.07, 6.45) is 0.907. The lowest BCUT2D eigenvalue weighted by Gasteiger charge is -2.21. The van der Waals surface area contributed by atoms with Crippen LogP contribution in [0.5, 0.6) is 5.75 Å². The van der Waals surface area contributed by atoms with Crippen LogP contribution in [0.3, 0.4) is 0 Å². The van der Waals surface area contributed by atoms with Crippen molar-refractivity contribution in [1.29, 1.82) is 0 Å². The van der Waals surface area contributed by atoms with Gasteiger partial charge in [0.15, 0.2) is 5.43 Å². The molecule has 2 aromatic carbocycles. The molecule has 1 aliphatic rings. The average Bonchev–Trinajstić information content (AvgIpc) is 2.92. The number of para-hydroxylation sites is 1. The molecule has 2 heterocycles. The first-order valence-corrected chi connectivity index (χ1v) is 8.67. The van der Waals surface area contributed by atoms with Crippen molar-refractivity contribution in [3.8, 4) is 5.75 Å². The highest BCUT2D eigenvalue weighted by Crippen LogP contribution is 2.37. The molecule has 5 nitrogen and oxygen atoms in total. The van der Waals surface area contributed by atoms with Crippen molar-refractivity contribution >= 4 is 16.9 Å². The van der Waals surface area contributed by atoms with Gasteiger partial charge in [0.1, 0.15) is 11.3 Å². The molecule has 0 radical (unpaired) electrons. The Kier molecular flexibility index (Phi) is 3.99. The standard InChI is InChI=1S/C21H19NO4/c1-3-11-25-14-8-6-7-13(12-14)18-17-19(23)15-9-4-5-10-16(15)26-20(17)21(24)22(18)2/h4-10,12,18H,3,11H2,1-2H3. The quantitative estimate of drug-likeness (QED) is 0.720. The minimum Gasteiger partial charge on any atom is -0.494 e. The van der Waals surface area contributed by atoms with Crippen LogP contribution in [0.4, 0.5) is 0 Å². The number of rotatable bonds is 4. The summed E-state index contributed by atoms with van der Waals surface area (Å²) < 4.78 is 11.5. The molecule has 0 bridgehead atoms. The molecule has 0 spiro atoms. The lowest BCUT2D eigenvalue weighted by molar-refractivity contribution is 0.0771. The van der Waals surface area contributed by atoms with E-state index in [4.69, 9.17) is 9.15 Å². The fourth-order valence-electron chi connectivity index (χ4n) is 3.42. The summed E-state index contributed by atoms with van der Waals surface area (Å²) in [7, 11) is 1.69. The summed E-state index contributed by atoms with van der Waals surface area (Å²) in [5.74, 6) is 0.567. The summed E-state index contributed by atoms with van der Waals surface area (Å²) in [5.41, 5.74) is 1.49. The Bertz CT molecular complexity index is 1050. The van der Waals surface area contributed by atoms with E-state index in [0.717, 1.165) is 17.7 Å². The zero-order valence-corrected chi connectivity index (χ0v) is 14.7. The van der Waals surface area contributed by atoms with Crippen molar-refractivity contribution < 1.29 is 13.9 Å². The first-order chi connectivity index (χ1) is 12.6. The Morgan fingerprint density at radius 1 is 1.12 bits per heavy atom. The smallest absolute Gasteiger partial charge is 0.290 e. The highest BCUT2D eigenvalue weighted by molar-refractivity contribution is 5.98. The number of amides is 1. The second kappa shape index (κ2) is 6.33. The Labute approximate surface area is 150 Å². The van der Waals surface area contributed by atoms with Gasteiger partial charge in [0.2, 0.25) is 5.76 Å². The van der Waals surface area contributed by atoms with Crippen molar-refractivity contribution in [3.05, 3.63) is 75.6 Å². The molecule has 1 atom stereocenters. The normalized spacial score (nSPS) is 16.2. The average molecular weight is 349 g/mol. The maximum Gasteiger partial charge on any atom is 0.290 e. The van der Waals surface area contributed by atoms with Gasteiger partial charge in [0.25, 0.3) is 5.91 Å². The van der Waals surface area contributed by atoms with Crippen molar-refractivity contribution in [2.24, 2.45) is 0 Å². The van der Waals surface area contributed by atoms with Crippen molar-refractivity contribution in [3.63, 3.8) is 0 Å². The molecule has 1 unspecified atom stereocenters. The lowest BCUT2D eigenvalue weighted by atomic mass is 9.98. The van der Waals surface area contributed by atoms with Gasteiger partial charge in [-0.15, -0.1) is 0 Å². The molecule has 0 N–H and O–H groups in total. The van der Waals surface area contributed by atoms with Gasteiger partial charge < -0.3 is 14.1 Å². The number of hydrogen-bond donors (Lipinski definition) is 0. The third-order valence-electron chi connectivity index (χ3n) is 4.65. The number of carbonyl (C=O) groups excluding carboxylic acids is 1. The molecule has 26 heavy (non-hydrogen) atoms. The third kappa shape index (κ3) is 2.47. The van der Waals surface area contributed by atoms with Crippen molar-refractivity contribution in [1.82, 2.24) is 4.90 Å². The van der Waals surface area contributed by atoms with Crippen LogP contribution in [0.1, 0.15) is 41.1 Å². The van der Waals surface area contributed by atoms with Crippen LogP contribution in [0, 0.1) is 0 Å². The van der Waals surface area contributed by atoms with Gasteiger partial charge in [-0.2, -0.15) is 0 Å². The van der Waals surface area contributed by atoms with Gasteiger partial charge in [-0.1, -0.05) is 31.2 Å². The van der Waals surface area contributed by atoms with Gasteiger partial charge in [-0.05, 0) is 36.2 Å². The van der Waals surface area contributed by atoms with Crippen LogP contribution in [0.2, 0.25) is 0 Å². The van der Waals surface area contributed by atoms with Crippen LogP contribution >= 0.6 is 0 Å². The van der Waals surface area contributed by atoms with Crippen molar-refractivity contribution in [2.75, 3.05) is 13.7 Å². The van der Waals surface area contributed by atoms with E-state index in [-0.39, 0.29) is 17.1 Å². The molecule has 4 rings (SSSR count). The summed E-state index contributed by atoms with van der Waals surface area (Å²) in [6, 6.07) is 14.1. The van der Waals surface area contributed by atoms with E-state index in [9.17, 15) is 9.59 Å². The molecule has 0 fully saturated rings. The third-order valence-corrected chi connectivity index (χ3v) is 4.65. The van der Waals surface area contributed by atoms with Crippen LogP contribution in [0.25, 0.3) is 11.0 Å². The minimum absolute atomic E-state index is 0.126. The molecule has 3 aromatic rings. The summed E-state index contributed by atoms with van der Waals surface area (Å²) >= 11 is 0. The zero-order valence-electron chi connectivity index (χ0n) is 14.7. The van der Waals surface area contributed by atoms with E-state index in [1.54, 1.807) is 36.2 Å². The van der Waals surface area contributed by atoms with Gasteiger partial charge in [-0.3, -0.25) is 9.59 Å². The number of fused-ring (bicyclic) bond motifs is 2. The molecule has 1 amide bonds. The minimum atomic E-state index is -0.483. The predicted octanol–water partition coefficient (Wildman–Crippen LogP) is 3.76. The maximum absolute atomic E-state index is 13.1. The second-order valence-electron chi connectivity index (χ2n) is 6.41. The van der Waals surface area contributed by atoms with E-state index < -0.39 is 6.04 Å². The molecule has 132 valence electrons. The molecular formula is C21H19NO4. The summed E-state index contributed by atoms with van der Waals surface area (Å²) in [4.78, 5) is 27.3. The van der Waals surface area contributed by atoms with Gasteiger partial charge >= 0.3 is 0 Å². The molecule has 0 aliphatic carbocycles. The van der Waals surface area contributed by atoms with E-state index in [1.807, 2.05) is 31.2 Å². The predicted molar refractivity (Wildman–Crippen MR) is 98.6 cm³/mol. The monoisotopic (exact) mass is 349 g/mol. The highest BCUT2D eigenvalue weighted by Gasteiger charge is 2.40. The fraction of sp³-hybridized carbons (Fsp3) is 0.238. The maximum atomic E-state index is 13.1. The van der Waals surface area contributed by atoms with Crippen LogP contribution in [-0.2, 0) is 0 Å². The number of hydrogen-bond acceptors (Lipinski definition) is 4. The van der Waals surface area contributed by atoms with E-state index in [0.29, 0.717) is 23.1 Å². The first-order valence-electron chi connectivity index (χ1n) is 8.67. The second-order valence-corrected chi connectivity index (χ2v) is 6.41. The zero-order chi connectivity index (χ0) is 18.3. The van der Waals surface area contributed by atoms with Crippen molar-refractivity contribution in [2.45, 2.75) is 19.4 Å². The van der Waals surface area contributed by atoms with E-state index in [1.165, 1.54) is 0 Å². The largest absolute Gasteiger partial charge is 0.494 e. The topological polar surface area (TPSA) is 59.8 Å². The Hall–Kier alpha value is -3.08. The Morgan fingerprint density at radius 2 is 1.92 bits per heavy atom. The molecule has 5 heteroatoms. The number of benzene rings is 2. The van der Waals surface area contributed by atoms with Gasteiger partial charge in [0, 0.05) is 7.05 Å².